The summed E-state index contributed by atoms with van der Waals surface area (Å²) < 4.78 is 0. The van der Waals surface area contributed by atoms with E-state index in [0.29, 0.717) is 0 Å². The van der Waals surface area contributed by atoms with Crippen molar-refractivity contribution in [3.8, 4) is 0 Å². The molecule has 0 aromatic rings. The minimum absolute atomic E-state index is 1.000. The Morgan fingerprint density at radius 1 is 1.38 bits per heavy atom. The largest absolute Gasteiger partial charge is 0.319 e. The second-order valence-electron chi connectivity index (χ2n) is 2.71. The van der Waals surface area contributed by atoms with Crippen molar-refractivity contribution in [1.29, 1.82) is 0 Å². The first-order valence-electron chi connectivity index (χ1n) is 3.58. The SMILES string of the molecule is CNCC1CCCC1. The number of hydrogen-bond acceptors (Lipinski definition) is 1. The second kappa shape index (κ2) is 3.08. The Kier molecular flexibility index (Phi) is 2.34. The van der Waals surface area contributed by atoms with Crippen LogP contribution in [0.5, 0.6) is 0 Å². The molecule has 0 saturated heterocycles. The Morgan fingerprint density at radius 3 is 2.50 bits per heavy atom. The van der Waals surface area contributed by atoms with Crippen molar-refractivity contribution in [1.82, 2.24) is 5.32 Å². The molecule has 1 fully saturated rings. The Balaban J connectivity index is 2.06. The lowest BCUT2D eigenvalue weighted by Crippen LogP contribution is -2.15. The standard InChI is InChI=1S/C7H15N/c1-8-6-7-4-2-3-5-7/h7-8H,2-6H2,1H3. The molecule has 0 spiro atoms. The van der Waals surface area contributed by atoms with E-state index < -0.39 is 0 Å². The van der Waals surface area contributed by atoms with Crippen molar-refractivity contribution in [3.63, 3.8) is 0 Å². The Morgan fingerprint density at radius 2 is 2.00 bits per heavy atom. The van der Waals surface area contributed by atoms with Crippen LogP contribution in [0.15, 0.2) is 0 Å². The third-order valence-corrected chi connectivity index (χ3v) is 1.97. The maximum atomic E-state index is 3.21. The summed E-state index contributed by atoms with van der Waals surface area (Å²) >= 11 is 0. The Bertz CT molecular complexity index is 55.4. The van der Waals surface area contributed by atoms with Crippen LogP contribution in [0.2, 0.25) is 0 Å². The van der Waals surface area contributed by atoms with Crippen LogP contribution in [-0.4, -0.2) is 13.6 Å². The van der Waals surface area contributed by atoms with Crippen LogP contribution in [0.25, 0.3) is 0 Å². The van der Waals surface area contributed by atoms with Crippen molar-refractivity contribution in [2.45, 2.75) is 25.7 Å². The molecule has 48 valence electrons. The van der Waals surface area contributed by atoms with E-state index in [1.807, 2.05) is 7.05 Å². The molecule has 0 aromatic carbocycles. The molecule has 0 aromatic heterocycles. The zero-order chi connectivity index (χ0) is 5.82. The zero-order valence-electron chi connectivity index (χ0n) is 5.61. The van der Waals surface area contributed by atoms with Gasteiger partial charge in [-0.3, -0.25) is 0 Å². The van der Waals surface area contributed by atoms with E-state index >= 15 is 0 Å². The Labute approximate surface area is 51.5 Å². The molecule has 1 nitrogen and oxygen atoms in total. The van der Waals surface area contributed by atoms with Gasteiger partial charge < -0.3 is 5.32 Å². The topological polar surface area (TPSA) is 12.0 Å². The molecule has 1 saturated carbocycles. The van der Waals surface area contributed by atoms with Gasteiger partial charge in [0, 0.05) is 0 Å². The van der Waals surface area contributed by atoms with Crippen LogP contribution < -0.4 is 5.32 Å². The van der Waals surface area contributed by atoms with Crippen molar-refractivity contribution < 1.29 is 0 Å². The van der Waals surface area contributed by atoms with Gasteiger partial charge in [0.15, 0.2) is 0 Å². The first kappa shape index (κ1) is 6.09. The zero-order valence-corrected chi connectivity index (χ0v) is 5.61. The van der Waals surface area contributed by atoms with Gasteiger partial charge in [0.25, 0.3) is 0 Å². The summed E-state index contributed by atoms with van der Waals surface area (Å²) in [6, 6.07) is 0. The van der Waals surface area contributed by atoms with Crippen LogP contribution in [0, 0.1) is 5.92 Å². The predicted molar refractivity (Wildman–Crippen MR) is 35.9 cm³/mol. The van der Waals surface area contributed by atoms with Gasteiger partial charge in [-0.2, -0.15) is 0 Å². The highest BCUT2D eigenvalue weighted by molar-refractivity contribution is 4.67. The summed E-state index contributed by atoms with van der Waals surface area (Å²) in [5.41, 5.74) is 0. The van der Waals surface area contributed by atoms with Crippen molar-refractivity contribution in [3.05, 3.63) is 0 Å². The van der Waals surface area contributed by atoms with Crippen LogP contribution in [0.1, 0.15) is 25.7 Å². The maximum Gasteiger partial charge on any atom is -0.00235 e. The lowest BCUT2D eigenvalue weighted by Gasteiger charge is -2.04. The van der Waals surface area contributed by atoms with E-state index in [2.05, 4.69) is 5.32 Å². The average molecular weight is 113 g/mol. The van der Waals surface area contributed by atoms with Crippen LogP contribution in [0.4, 0.5) is 0 Å². The van der Waals surface area contributed by atoms with Gasteiger partial charge in [-0.25, -0.2) is 0 Å². The first-order chi connectivity index (χ1) is 3.93. The van der Waals surface area contributed by atoms with Crippen molar-refractivity contribution in [2.75, 3.05) is 13.6 Å². The molecule has 0 unspecified atom stereocenters. The molecule has 1 heteroatoms. The summed E-state index contributed by atoms with van der Waals surface area (Å²) in [6.07, 6.45) is 5.85. The molecular formula is C7H15N. The van der Waals surface area contributed by atoms with Crippen LogP contribution >= 0.6 is 0 Å². The van der Waals surface area contributed by atoms with Gasteiger partial charge >= 0.3 is 0 Å². The molecule has 0 radical (unpaired) electrons. The minimum atomic E-state index is 1.000. The molecule has 0 bridgehead atoms. The first-order valence-corrected chi connectivity index (χ1v) is 3.58. The van der Waals surface area contributed by atoms with Crippen LogP contribution in [0.3, 0.4) is 0 Å². The third-order valence-electron chi connectivity index (χ3n) is 1.97. The molecule has 1 aliphatic rings. The third kappa shape index (κ3) is 1.48. The fraction of sp³-hybridized carbons (Fsp3) is 1.00. The summed E-state index contributed by atoms with van der Waals surface area (Å²) in [4.78, 5) is 0. The smallest absolute Gasteiger partial charge is 0.00235 e. The molecule has 0 heterocycles. The van der Waals surface area contributed by atoms with E-state index in [9.17, 15) is 0 Å². The highest BCUT2D eigenvalue weighted by Gasteiger charge is 2.12. The number of nitrogens with one attached hydrogen (secondary N) is 1. The average Bonchev–Trinajstić information content (AvgIpc) is 2.19. The molecular weight excluding hydrogens is 98.1 g/mol. The number of hydrogen-bond donors (Lipinski definition) is 1. The summed E-state index contributed by atoms with van der Waals surface area (Å²) in [5.74, 6) is 1.000. The quantitative estimate of drug-likeness (QED) is 0.570. The van der Waals surface area contributed by atoms with Crippen molar-refractivity contribution in [2.24, 2.45) is 5.92 Å². The normalized spacial score (nSPS) is 22.1. The predicted octanol–water partition coefficient (Wildman–Crippen LogP) is 1.40. The molecule has 8 heavy (non-hydrogen) atoms. The summed E-state index contributed by atoms with van der Waals surface area (Å²) in [7, 11) is 2.04. The molecule has 0 amide bonds. The molecule has 1 N–H and O–H groups in total. The molecule has 1 aliphatic carbocycles. The van der Waals surface area contributed by atoms with E-state index in [1.165, 1.54) is 32.2 Å². The van der Waals surface area contributed by atoms with E-state index in [0.717, 1.165) is 5.92 Å². The Hall–Kier alpha value is -0.0400. The fourth-order valence-electron chi connectivity index (χ4n) is 1.50. The molecule has 0 aliphatic heterocycles. The van der Waals surface area contributed by atoms with Gasteiger partial charge in [-0.1, -0.05) is 12.8 Å². The van der Waals surface area contributed by atoms with Gasteiger partial charge in [-0.05, 0) is 32.4 Å². The van der Waals surface area contributed by atoms with E-state index in [-0.39, 0.29) is 0 Å². The highest BCUT2D eigenvalue weighted by atomic mass is 14.8. The van der Waals surface area contributed by atoms with Crippen molar-refractivity contribution >= 4 is 0 Å². The van der Waals surface area contributed by atoms with Gasteiger partial charge in [0.05, 0.1) is 0 Å². The van der Waals surface area contributed by atoms with Gasteiger partial charge in [-0.15, -0.1) is 0 Å². The molecule has 0 atom stereocenters. The summed E-state index contributed by atoms with van der Waals surface area (Å²) in [6.45, 7) is 1.24. The minimum Gasteiger partial charge on any atom is -0.319 e. The fourth-order valence-corrected chi connectivity index (χ4v) is 1.50. The number of rotatable bonds is 2. The van der Waals surface area contributed by atoms with E-state index in [1.54, 1.807) is 0 Å². The highest BCUT2D eigenvalue weighted by Crippen LogP contribution is 2.23. The van der Waals surface area contributed by atoms with E-state index in [4.69, 9.17) is 0 Å². The van der Waals surface area contributed by atoms with Crippen LogP contribution in [-0.2, 0) is 0 Å². The molecule has 1 rings (SSSR count). The van der Waals surface area contributed by atoms with Gasteiger partial charge in [0.1, 0.15) is 0 Å². The maximum absolute atomic E-state index is 3.21. The summed E-state index contributed by atoms with van der Waals surface area (Å²) in [5, 5.41) is 3.21. The lowest BCUT2D eigenvalue weighted by molar-refractivity contribution is 0.516. The second-order valence-corrected chi connectivity index (χ2v) is 2.71. The van der Waals surface area contributed by atoms with Gasteiger partial charge in [0.2, 0.25) is 0 Å². The lowest BCUT2D eigenvalue weighted by atomic mass is 10.1. The monoisotopic (exact) mass is 113 g/mol.